The van der Waals surface area contributed by atoms with Gasteiger partial charge in [-0.25, -0.2) is 0 Å². The molecule has 3 aromatic rings. The summed E-state index contributed by atoms with van der Waals surface area (Å²) < 4.78 is 0. The van der Waals surface area contributed by atoms with Crippen molar-refractivity contribution in [2.75, 3.05) is 20.6 Å². The number of aryl methyl sites for hydroxylation is 2. The van der Waals surface area contributed by atoms with Gasteiger partial charge in [-0.2, -0.15) is 0 Å². The van der Waals surface area contributed by atoms with Crippen molar-refractivity contribution in [1.82, 2.24) is 52.3 Å². The number of hydrogen-bond acceptors (Lipinski definition) is 10. The highest BCUT2D eigenvalue weighted by atomic mass is 16.2. The fourth-order valence-electron chi connectivity index (χ4n) is 11.5. The summed E-state index contributed by atoms with van der Waals surface area (Å²) in [4.78, 5) is 117. The lowest BCUT2D eigenvalue weighted by Crippen LogP contribution is -2.62. The van der Waals surface area contributed by atoms with E-state index in [2.05, 4.69) is 54.7 Å². The predicted molar refractivity (Wildman–Crippen MR) is 296 cm³/mol. The Bertz CT molecular complexity index is 2800. The van der Waals surface area contributed by atoms with E-state index in [4.69, 9.17) is 0 Å². The average Bonchev–Trinajstić information content (AvgIpc) is 4.14. The summed E-state index contributed by atoms with van der Waals surface area (Å²) >= 11 is 0. The van der Waals surface area contributed by atoms with E-state index < -0.39 is 82.3 Å². The molecule has 3 aliphatic carbocycles. The Morgan fingerprint density at radius 1 is 0.603 bits per heavy atom. The molecule has 420 valence electrons. The molecular weight excluding hydrogens is 989 g/mol. The van der Waals surface area contributed by atoms with Crippen molar-refractivity contribution < 1.29 is 38.4 Å². The summed E-state index contributed by atoms with van der Waals surface area (Å²) in [7, 11) is 3.32. The van der Waals surface area contributed by atoms with Gasteiger partial charge in [-0.05, 0) is 142 Å². The van der Waals surface area contributed by atoms with Gasteiger partial charge in [0, 0.05) is 31.1 Å². The molecule has 8 amide bonds. The van der Waals surface area contributed by atoms with Crippen molar-refractivity contribution in [3.8, 4) is 0 Å². The van der Waals surface area contributed by atoms with Crippen LogP contribution in [-0.4, -0.2) is 126 Å². The quantitative estimate of drug-likeness (QED) is 0.103. The molecule has 2 heterocycles. The van der Waals surface area contributed by atoms with Crippen molar-refractivity contribution in [3.05, 3.63) is 106 Å². The summed E-state index contributed by atoms with van der Waals surface area (Å²) in [6.45, 7) is 14.5. The van der Waals surface area contributed by atoms with E-state index in [1.54, 1.807) is 46.1 Å². The maximum absolute atomic E-state index is 15.0. The molecule has 5 aliphatic rings. The Labute approximate surface area is 459 Å². The van der Waals surface area contributed by atoms with Gasteiger partial charge in [-0.15, -0.1) is 0 Å². The van der Waals surface area contributed by atoms with Crippen LogP contribution in [0.2, 0.25) is 0 Å². The van der Waals surface area contributed by atoms with Crippen molar-refractivity contribution in [1.29, 1.82) is 0 Å². The normalized spacial score (nSPS) is 22.9. The zero-order valence-corrected chi connectivity index (χ0v) is 47.2. The third kappa shape index (κ3) is 12.6. The lowest BCUT2D eigenvalue weighted by Gasteiger charge is -2.42. The van der Waals surface area contributed by atoms with Crippen LogP contribution < -0.4 is 42.5 Å². The first-order valence-corrected chi connectivity index (χ1v) is 28.0. The molecular formula is C60H82N10O8. The number of benzene rings is 3. The third-order valence-corrected chi connectivity index (χ3v) is 16.8. The summed E-state index contributed by atoms with van der Waals surface area (Å²) in [6, 6.07) is 15.1. The smallest absolute Gasteiger partial charge is 0.252 e. The Hall–Kier alpha value is -6.66. The molecule has 3 aromatic carbocycles. The van der Waals surface area contributed by atoms with E-state index in [1.165, 1.54) is 20.9 Å². The SMILES string of the molecule is CN[C@@H](C)C(=O)N[C@H](C(=O)N1Cc2cc(C(=O)NC3(C(=O)N[C@H]4C[C@@H](C(=O)N[C@@H]5CCCc6ccccc65)N(C(=O)[C@@H](NC(=O)[C@H](C)NC)C(C)(C)C)C4)CC3)ccc2C[C@H]1C(=O)N[C@@H]1CCCc2ccccc21)C(C)(C)C. The second kappa shape index (κ2) is 23.4. The molecule has 0 unspecified atom stereocenters. The molecule has 8 rings (SSSR count). The number of nitrogens with zero attached hydrogens (tertiary/aromatic N) is 2. The maximum Gasteiger partial charge on any atom is 0.252 e. The number of rotatable bonds is 16. The lowest BCUT2D eigenvalue weighted by atomic mass is 9.83. The summed E-state index contributed by atoms with van der Waals surface area (Å²) in [5.74, 6) is -3.20. The predicted octanol–water partition coefficient (Wildman–Crippen LogP) is 3.95. The number of carbonyl (C=O) groups excluding carboxylic acids is 8. The minimum atomic E-state index is -1.26. The van der Waals surface area contributed by atoms with Gasteiger partial charge < -0.3 is 52.3 Å². The molecule has 2 fully saturated rings. The Kier molecular flexibility index (Phi) is 17.2. The fourth-order valence-corrected chi connectivity index (χ4v) is 11.5. The summed E-state index contributed by atoms with van der Waals surface area (Å²) in [6.07, 6.45) is 6.09. The van der Waals surface area contributed by atoms with Crippen molar-refractivity contribution in [3.63, 3.8) is 0 Å². The van der Waals surface area contributed by atoms with Gasteiger partial charge in [-0.3, -0.25) is 38.4 Å². The van der Waals surface area contributed by atoms with Gasteiger partial charge in [0.05, 0.1) is 24.2 Å². The molecule has 78 heavy (non-hydrogen) atoms. The van der Waals surface area contributed by atoms with E-state index in [9.17, 15) is 38.4 Å². The van der Waals surface area contributed by atoms with E-state index >= 15 is 0 Å². The van der Waals surface area contributed by atoms with E-state index in [0.717, 1.165) is 55.2 Å². The van der Waals surface area contributed by atoms with Crippen molar-refractivity contribution in [2.45, 2.75) is 186 Å². The van der Waals surface area contributed by atoms with Crippen molar-refractivity contribution >= 4 is 47.3 Å². The van der Waals surface area contributed by atoms with Crippen LogP contribution in [0.4, 0.5) is 0 Å². The average molecular weight is 1070 g/mol. The fraction of sp³-hybridized carbons (Fsp3) is 0.567. The van der Waals surface area contributed by atoms with Gasteiger partial charge in [0.1, 0.15) is 29.7 Å². The number of likely N-dealkylation sites (tertiary alicyclic amines) is 1. The number of nitrogens with one attached hydrogen (secondary N) is 8. The van der Waals surface area contributed by atoms with Crippen LogP contribution in [0.15, 0.2) is 66.7 Å². The minimum absolute atomic E-state index is 0.000744. The highest BCUT2D eigenvalue weighted by Crippen LogP contribution is 2.38. The van der Waals surface area contributed by atoms with Crippen LogP contribution in [0.3, 0.4) is 0 Å². The standard InChI is InChI=1S/C60H82N10O8/c1-34(61-9)50(71)66-48(58(3,4)5)55(76)69-32-40-29-39(26-25-38(40)30-46(69)53(74)64-44-23-15-19-36-17-11-13-21-42(36)44)52(73)68-60(27-28-60)57(78)63-41-31-47(54(75)65-45-24-16-20-37-18-12-14-22-43(37)45)70(33-41)56(77)49(59(6,7)8)67-51(72)35(2)62-10/h11-14,17-18,21-22,25-26,29,34-35,41,44-49,61-62H,15-16,19-20,23-24,27-28,30-33H2,1-10H3,(H,63,78)(H,64,74)(H,65,75)(H,66,71)(H,67,72)(H,68,73)/t34-,35-,41-,44+,45+,46-,47-,48+,49+/m0/s1. The molecule has 0 aromatic heterocycles. The number of carbonyl (C=O) groups is 8. The highest BCUT2D eigenvalue weighted by Gasteiger charge is 2.54. The number of likely N-dealkylation sites (N-methyl/N-ethyl adjacent to an activating group) is 2. The van der Waals surface area contributed by atoms with Gasteiger partial charge >= 0.3 is 0 Å². The second-order valence-electron chi connectivity index (χ2n) is 24.6. The second-order valence-corrected chi connectivity index (χ2v) is 24.6. The van der Waals surface area contributed by atoms with Gasteiger partial charge in [0.2, 0.25) is 41.4 Å². The molecule has 0 spiro atoms. The van der Waals surface area contributed by atoms with Crippen LogP contribution in [0.25, 0.3) is 0 Å². The number of fused-ring (bicyclic) bond motifs is 3. The van der Waals surface area contributed by atoms with Crippen LogP contribution in [0.1, 0.15) is 156 Å². The van der Waals surface area contributed by atoms with Gasteiger partial charge in [0.15, 0.2) is 0 Å². The molecule has 1 saturated heterocycles. The zero-order chi connectivity index (χ0) is 56.4. The molecule has 0 bridgehead atoms. The van der Waals surface area contributed by atoms with Gasteiger partial charge in [0.25, 0.3) is 5.91 Å². The first-order chi connectivity index (χ1) is 36.9. The highest BCUT2D eigenvalue weighted by molar-refractivity contribution is 6.01. The first kappa shape index (κ1) is 57.5. The van der Waals surface area contributed by atoms with Crippen LogP contribution in [-0.2, 0) is 59.4 Å². The van der Waals surface area contributed by atoms with Gasteiger partial charge in [-0.1, -0.05) is 96.1 Å². The maximum atomic E-state index is 15.0. The summed E-state index contributed by atoms with van der Waals surface area (Å²) in [5.41, 5.74) is 3.40. The van der Waals surface area contributed by atoms with E-state index in [1.807, 2.05) is 77.9 Å². The molecule has 9 atom stereocenters. The molecule has 8 N–H and O–H groups in total. The minimum Gasteiger partial charge on any atom is -0.349 e. The topological polar surface area (TPSA) is 239 Å². The number of hydrogen-bond donors (Lipinski definition) is 8. The molecule has 1 saturated carbocycles. The Morgan fingerprint density at radius 2 is 1.10 bits per heavy atom. The Balaban J connectivity index is 1.01. The molecule has 18 heteroatoms. The number of amides is 8. The van der Waals surface area contributed by atoms with Crippen LogP contribution in [0, 0.1) is 10.8 Å². The first-order valence-electron chi connectivity index (χ1n) is 28.0. The molecule has 2 aliphatic heterocycles. The zero-order valence-electron chi connectivity index (χ0n) is 47.2. The monoisotopic (exact) mass is 1070 g/mol. The Morgan fingerprint density at radius 3 is 1.60 bits per heavy atom. The van der Waals surface area contributed by atoms with E-state index in [0.29, 0.717) is 18.4 Å². The lowest BCUT2D eigenvalue weighted by molar-refractivity contribution is -0.147. The third-order valence-electron chi connectivity index (χ3n) is 16.8. The largest absolute Gasteiger partial charge is 0.349 e. The van der Waals surface area contributed by atoms with E-state index in [-0.39, 0.29) is 67.2 Å². The molecule has 18 nitrogen and oxygen atoms in total. The van der Waals surface area contributed by atoms with Crippen LogP contribution >= 0.6 is 0 Å². The molecule has 0 radical (unpaired) electrons. The van der Waals surface area contributed by atoms with Crippen molar-refractivity contribution in [2.24, 2.45) is 10.8 Å². The van der Waals surface area contributed by atoms with Crippen LogP contribution in [0.5, 0.6) is 0 Å². The summed E-state index contributed by atoms with van der Waals surface area (Å²) in [5, 5.41) is 24.3.